The molecule has 0 aliphatic carbocycles. The molecule has 0 N–H and O–H groups in total. The molecule has 0 bridgehead atoms. The van der Waals surface area contributed by atoms with E-state index in [0.717, 1.165) is 4.47 Å². The fraction of sp³-hybridized carbons (Fsp3) is 0.250. The van der Waals surface area contributed by atoms with E-state index >= 15 is 0 Å². The Morgan fingerprint density at radius 1 is 1.46 bits per heavy atom. The molecule has 1 heterocycles. The van der Waals surface area contributed by atoms with Gasteiger partial charge in [-0.1, -0.05) is 0 Å². The minimum Gasteiger partial charge on any atom is -0.343 e. The Kier molecular flexibility index (Phi) is 3.44. The lowest BCUT2D eigenvalue weighted by Gasteiger charge is -2.10. The summed E-state index contributed by atoms with van der Waals surface area (Å²) in [6.07, 6.45) is 1.60. The summed E-state index contributed by atoms with van der Waals surface area (Å²) in [7, 11) is 3.39. The molecule has 0 aromatic carbocycles. The van der Waals surface area contributed by atoms with E-state index in [1.165, 1.54) is 4.90 Å². The maximum absolute atomic E-state index is 11.5. The molecular weight excluding hydrogens is 300 g/mol. The molecule has 70 valence electrons. The molecule has 0 unspecified atom stereocenters. The van der Waals surface area contributed by atoms with Gasteiger partial charge in [-0.3, -0.25) is 4.79 Å². The van der Waals surface area contributed by atoms with Crippen molar-refractivity contribution < 1.29 is 4.79 Å². The van der Waals surface area contributed by atoms with Crippen LogP contribution in [-0.2, 0) is 0 Å². The average Bonchev–Trinajstić information content (AvgIpc) is 2.03. The van der Waals surface area contributed by atoms with Crippen molar-refractivity contribution in [3.8, 4) is 0 Å². The van der Waals surface area contributed by atoms with Gasteiger partial charge in [-0.15, -0.1) is 0 Å². The predicted molar refractivity (Wildman–Crippen MR) is 57.7 cm³/mol. The zero-order valence-electron chi connectivity index (χ0n) is 7.21. The van der Waals surface area contributed by atoms with Gasteiger partial charge in [0.2, 0.25) is 0 Å². The van der Waals surface area contributed by atoms with Gasteiger partial charge in [0.25, 0.3) is 5.91 Å². The minimum absolute atomic E-state index is 0.112. The summed E-state index contributed by atoms with van der Waals surface area (Å²) in [6.45, 7) is 0. The summed E-state index contributed by atoms with van der Waals surface area (Å²) in [5, 5.41) is 0. The van der Waals surface area contributed by atoms with Crippen LogP contribution in [0.15, 0.2) is 21.2 Å². The Hall–Kier alpha value is -0.420. The smallest absolute Gasteiger partial charge is 0.273 e. The number of rotatable bonds is 1. The molecule has 0 atom stereocenters. The zero-order valence-corrected chi connectivity index (χ0v) is 10.4. The summed E-state index contributed by atoms with van der Waals surface area (Å²) in [4.78, 5) is 17.0. The van der Waals surface area contributed by atoms with Crippen LogP contribution in [0.4, 0.5) is 0 Å². The van der Waals surface area contributed by atoms with Crippen LogP contribution in [0.2, 0.25) is 0 Å². The molecular formula is C8H8Br2N2O. The first-order chi connectivity index (χ1) is 6.02. The standard InChI is InChI=1S/C8H8Br2N2O/c1-12(2)8(13)7-6(10)3-5(9)4-11-7/h3-4H,1-2H3. The molecule has 0 fully saturated rings. The van der Waals surface area contributed by atoms with E-state index in [4.69, 9.17) is 0 Å². The first kappa shape index (κ1) is 10.7. The SMILES string of the molecule is CN(C)C(=O)c1ncc(Br)cc1Br. The molecule has 5 heteroatoms. The van der Waals surface area contributed by atoms with Crippen LogP contribution in [0.1, 0.15) is 10.5 Å². The number of hydrogen-bond donors (Lipinski definition) is 0. The lowest BCUT2D eigenvalue weighted by atomic mass is 10.3. The van der Waals surface area contributed by atoms with Gasteiger partial charge in [0, 0.05) is 24.8 Å². The van der Waals surface area contributed by atoms with Crippen LogP contribution >= 0.6 is 31.9 Å². The van der Waals surface area contributed by atoms with Crippen molar-refractivity contribution in [3.05, 3.63) is 26.9 Å². The molecule has 1 aromatic heterocycles. The second kappa shape index (κ2) is 4.19. The fourth-order valence-electron chi connectivity index (χ4n) is 0.784. The van der Waals surface area contributed by atoms with Crippen LogP contribution in [0.5, 0.6) is 0 Å². The van der Waals surface area contributed by atoms with Gasteiger partial charge < -0.3 is 4.90 Å². The van der Waals surface area contributed by atoms with Crippen molar-refractivity contribution in [3.63, 3.8) is 0 Å². The van der Waals surface area contributed by atoms with Gasteiger partial charge in [0.15, 0.2) is 0 Å². The summed E-state index contributed by atoms with van der Waals surface area (Å²) in [6, 6.07) is 1.80. The Morgan fingerprint density at radius 3 is 2.54 bits per heavy atom. The number of amides is 1. The zero-order chi connectivity index (χ0) is 10.0. The number of halogens is 2. The molecule has 1 amide bonds. The first-order valence-corrected chi connectivity index (χ1v) is 5.13. The fourth-order valence-corrected chi connectivity index (χ4v) is 1.94. The predicted octanol–water partition coefficient (Wildman–Crippen LogP) is 2.31. The van der Waals surface area contributed by atoms with Crippen molar-refractivity contribution in [2.75, 3.05) is 14.1 Å². The highest BCUT2D eigenvalue weighted by molar-refractivity contribution is 9.11. The lowest BCUT2D eigenvalue weighted by Crippen LogP contribution is -2.23. The molecule has 0 aliphatic heterocycles. The van der Waals surface area contributed by atoms with Crippen molar-refractivity contribution in [2.24, 2.45) is 0 Å². The maximum Gasteiger partial charge on any atom is 0.273 e. The van der Waals surface area contributed by atoms with E-state index in [9.17, 15) is 4.79 Å². The first-order valence-electron chi connectivity index (χ1n) is 3.55. The molecule has 0 spiro atoms. The summed E-state index contributed by atoms with van der Waals surface area (Å²) in [5.41, 5.74) is 0.424. The molecule has 0 radical (unpaired) electrons. The van der Waals surface area contributed by atoms with Crippen molar-refractivity contribution in [1.29, 1.82) is 0 Å². The highest BCUT2D eigenvalue weighted by Crippen LogP contribution is 2.20. The topological polar surface area (TPSA) is 33.2 Å². The maximum atomic E-state index is 11.5. The Bertz CT molecular complexity index is 339. The Labute approximate surface area is 93.4 Å². The van der Waals surface area contributed by atoms with Crippen LogP contribution in [-0.4, -0.2) is 29.9 Å². The van der Waals surface area contributed by atoms with Gasteiger partial charge in [-0.05, 0) is 37.9 Å². The molecule has 1 rings (SSSR count). The highest BCUT2D eigenvalue weighted by Gasteiger charge is 2.13. The number of carbonyl (C=O) groups excluding carboxylic acids is 1. The summed E-state index contributed by atoms with van der Waals surface area (Å²) < 4.78 is 1.54. The van der Waals surface area contributed by atoms with Crippen LogP contribution in [0.3, 0.4) is 0 Å². The summed E-state index contributed by atoms with van der Waals surface area (Å²) >= 11 is 6.54. The van der Waals surface area contributed by atoms with E-state index in [1.54, 1.807) is 26.4 Å². The van der Waals surface area contributed by atoms with E-state index in [2.05, 4.69) is 36.8 Å². The monoisotopic (exact) mass is 306 g/mol. The van der Waals surface area contributed by atoms with E-state index in [1.807, 2.05) is 0 Å². The number of carbonyl (C=O) groups is 1. The number of hydrogen-bond acceptors (Lipinski definition) is 2. The molecule has 13 heavy (non-hydrogen) atoms. The van der Waals surface area contributed by atoms with Crippen molar-refractivity contribution in [1.82, 2.24) is 9.88 Å². The molecule has 0 aliphatic rings. The van der Waals surface area contributed by atoms with Crippen LogP contribution < -0.4 is 0 Å². The van der Waals surface area contributed by atoms with Gasteiger partial charge >= 0.3 is 0 Å². The van der Waals surface area contributed by atoms with E-state index in [-0.39, 0.29) is 5.91 Å². The second-order valence-corrected chi connectivity index (χ2v) is 4.45. The quantitative estimate of drug-likeness (QED) is 0.798. The molecule has 0 saturated heterocycles. The van der Waals surface area contributed by atoms with E-state index < -0.39 is 0 Å². The third kappa shape index (κ3) is 2.51. The normalized spacial score (nSPS) is 9.85. The van der Waals surface area contributed by atoms with Gasteiger partial charge in [0.1, 0.15) is 5.69 Å². The minimum atomic E-state index is -0.112. The highest BCUT2D eigenvalue weighted by atomic mass is 79.9. The van der Waals surface area contributed by atoms with Crippen LogP contribution in [0.25, 0.3) is 0 Å². The van der Waals surface area contributed by atoms with Crippen molar-refractivity contribution >= 4 is 37.8 Å². The molecule has 0 saturated carbocycles. The molecule has 1 aromatic rings. The van der Waals surface area contributed by atoms with E-state index in [0.29, 0.717) is 10.2 Å². The average molecular weight is 308 g/mol. The summed E-state index contributed by atoms with van der Waals surface area (Å²) in [5.74, 6) is -0.112. The van der Waals surface area contributed by atoms with Gasteiger partial charge in [0.05, 0.1) is 4.47 Å². The Balaban J connectivity index is 3.09. The number of nitrogens with zero attached hydrogens (tertiary/aromatic N) is 2. The third-order valence-corrected chi connectivity index (χ3v) is 2.45. The third-order valence-electron chi connectivity index (χ3n) is 1.42. The number of pyridine rings is 1. The van der Waals surface area contributed by atoms with Gasteiger partial charge in [-0.25, -0.2) is 4.98 Å². The van der Waals surface area contributed by atoms with Crippen molar-refractivity contribution in [2.45, 2.75) is 0 Å². The van der Waals surface area contributed by atoms with Gasteiger partial charge in [-0.2, -0.15) is 0 Å². The molecule has 3 nitrogen and oxygen atoms in total. The second-order valence-electron chi connectivity index (χ2n) is 2.68. The number of aromatic nitrogens is 1. The Morgan fingerprint density at radius 2 is 2.08 bits per heavy atom. The van der Waals surface area contributed by atoms with Crippen LogP contribution in [0, 0.1) is 0 Å². The largest absolute Gasteiger partial charge is 0.343 e. The lowest BCUT2D eigenvalue weighted by molar-refractivity contribution is 0.0821.